The molecule has 0 amide bonds. The molecule has 0 atom stereocenters. The molecule has 0 aliphatic carbocycles. The van der Waals surface area contributed by atoms with Crippen molar-refractivity contribution in [1.82, 2.24) is 18.7 Å². The van der Waals surface area contributed by atoms with Crippen LogP contribution in [0.5, 0.6) is 0 Å². The summed E-state index contributed by atoms with van der Waals surface area (Å²) in [5, 5.41) is 0. The van der Waals surface area contributed by atoms with Gasteiger partial charge in [-0.1, -0.05) is 6.92 Å². The number of nitrogens with zero attached hydrogens (tertiary/aromatic N) is 5. The van der Waals surface area contributed by atoms with E-state index in [1.54, 1.807) is 7.05 Å². The molecule has 0 saturated carbocycles. The molecule has 7 heteroatoms. The second kappa shape index (κ2) is 4.56. The van der Waals surface area contributed by atoms with Gasteiger partial charge in [-0.15, -0.1) is 0 Å². The van der Waals surface area contributed by atoms with Gasteiger partial charge in [0.15, 0.2) is 11.2 Å². The topological polar surface area (TPSA) is 65.1 Å². The highest BCUT2D eigenvalue weighted by Crippen LogP contribution is 2.17. The average Bonchev–Trinajstić information content (AvgIpc) is 2.74. The van der Waals surface area contributed by atoms with Crippen LogP contribution in [0, 0.1) is 0 Å². The normalized spacial score (nSPS) is 11.2. The van der Waals surface area contributed by atoms with Crippen LogP contribution in [0.2, 0.25) is 0 Å². The maximum absolute atomic E-state index is 12.3. The Morgan fingerprint density at radius 2 is 1.79 bits per heavy atom. The summed E-state index contributed by atoms with van der Waals surface area (Å²) in [7, 11) is 6.86. The van der Waals surface area contributed by atoms with Gasteiger partial charge in [0.1, 0.15) is 0 Å². The zero-order valence-electron chi connectivity index (χ0n) is 12.0. The van der Waals surface area contributed by atoms with E-state index in [2.05, 4.69) is 4.98 Å². The Kier molecular flexibility index (Phi) is 3.21. The van der Waals surface area contributed by atoms with Crippen molar-refractivity contribution < 1.29 is 0 Å². The first-order valence-electron chi connectivity index (χ1n) is 6.23. The number of hydrogen-bond donors (Lipinski definition) is 0. The molecule has 0 N–H and O–H groups in total. The largest absolute Gasteiger partial charge is 0.348 e. The maximum atomic E-state index is 12.3. The van der Waals surface area contributed by atoms with E-state index < -0.39 is 0 Å². The molecule has 0 aromatic carbocycles. The predicted octanol–water partition coefficient (Wildman–Crippen LogP) is -0.0903. The van der Waals surface area contributed by atoms with E-state index in [-0.39, 0.29) is 11.2 Å². The lowest BCUT2D eigenvalue weighted by Crippen LogP contribution is -2.37. The lowest BCUT2D eigenvalue weighted by Gasteiger charge is -2.13. The van der Waals surface area contributed by atoms with Crippen molar-refractivity contribution in [2.45, 2.75) is 19.9 Å². The van der Waals surface area contributed by atoms with E-state index in [0.717, 1.165) is 11.0 Å². The van der Waals surface area contributed by atoms with Gasteiger partial charge in [0.2, 0.25) is 5.95 Å². The molecule has 0 fully saturated rings. The fraction of sp³-hybridized carbons (Fsp3) is 0.583. The van der Waals surface area contributed by atoms with Crippen molar-refractivity contribution in [2.75, 3.05) is 19.0 Å². The van der Waals surface area contributed by atoms with Gasteiger partial charge in [0.05, 0.1) is 0 Å². The Morgan fingerprint density at radius 1 is 1.16 bits per heavy atom. The highest BCUT2D eigenvalue weighted by atomic mass is 16.2. The molecule has 2 aromatic heterocycles. The molecule has 0 aliphatic heterocycles. The van der Waals surface area contributed by atoms with Gasteiger partial charge in [-0.2, -0.15) is 4.98 Å². The summed E-state index contributed by atoms with van der Waals surface area (Å²) in [5.74, 6) is 0.690. The molecule has 0 bridgehead atoms. The first-order chi connectivity index (χ1) is 8.90. The molecule has 2 heterocycles. The summed E-state index contributed by atoms with van der Waals surface area (Å²) in [6.07, 6.45) is 0.887. The third-order valence-corrected chi connectivity index (χ3v) is 3.18. The third-order valence-electron chi connectivity index (χ3n) is 3.18. The summed E-state index contributed by atoms with van der Waals surface area (Å²) < 4.78 is 4.41. The van der Waals surface area contributed by atoms with Gasteiger partial charge in [-0.25, -0.2) is 4.79 Å². The Balaban J connectivity index is 3.01. The Morgan fingerprint density at radius 3 is 2.32 bits per heavy atom. The molecule has 0 aliphatic rings. The molecule has 0 spiro atoms. The van der Waals surface area contributed by atoms with Crippen LogP contribution in [0.25, 0.3) is 11.2 Å². The summed E-state index contributed by atoms with van der Waals surface area (Å²) in [6.45, 7) is 2.73. The third kappa shape index (κ3) is 1.85. The maximum Gasteiger partial charge on any atom is 0.332 e. The second-order valence-corrected chi connectivity index (χ2v) is 4.84. The van der Waals surface area contributed by atoms with Crippen LogP contribution in [-0.4, -0.2) is 32.8 Å². The quantitative estimate of drug-likeness (QED) is 0.778. The molecule has 7 nitrogen and oxygen atoms in total. The van der Waals surface area contributed by atoms with Crippen molar-refractivity contribution >= 4 is 17.1 Å². The standard InChI is InChI=1S/C12H19N5O2/c1-6-7-17-8-9(13-11(17)14(2)3)15(4)12(19)16(5)10(8)18/h6-7H2,1-5H3. The van der Waals surface area contributed by atoms with E-state index >= 15 is 0 Å². The smallest absolute Gasteiger partial charge is 0.332 e. The number of aryl methyl sites for hydroxylation is 2. The SMILES string of the molecule is CCCn1c(N(C)C)nc2c1c(=O)n(C)c(=O)n2C. The van der Waals surface area contributed by atoms with Crippen molar-refractivity contribution in [2.24, 2.45) is 14.1 Å². The summed E-state index contributed by atoms with van der Waals surface area (Å²) >= 11 is 0. The molecular formula is C12H19N5O2. The monoisotopic (exact) mass is 265 g/mol. The van der Waals surface area contributed by atoms with Crippen LogP contribution in [0.1, 0.15) is 13.3 Å². The van der Waals surface area contributed by atoms with Crippen molar-refractivity contribution in [1.29, 1.82) is 0 Å². The van der Waals surface area contributed by atoms with Gasteiger partial charge in [0, 0.05) is 34.7 Å². The molecule has 104 valence electrons. The number of hydrogen-bond acceptors (Lipinski definition) is 4. The number of imidazole rings is 1. The summed E-state index contributed by atoms with van der Waals surface area (Å²) in [6, 6.07) is 0. The highest BCUT2D eigenvalue weighted by Gasteiger charge is 2.19. The molecule has 19 heavy (non-hydrogen) atoms. The zero-order valence-corrected chi connectivity index (χ0v) is 12.0. The van der Waals surface area contributed by atoms with Crippen molar-refractivity contribution in [3.05, 3.63) is 20.8 Å². The van der Waals surface area contributed by atoms with Crippen LogP contribution in [0.3, 0.4) is 0 Å². The molecule has 0 radical (unpaired) electrons. The first kappa shape index (κ1) is 13.4. The molecular weight excluding hydrogens is 246 g/mol. The van der Waals surface area contributed by atoms with Crippen molar-refractivity contribution in [3.63, 3.8) is 0 Å². The van der Waals surface area contributed by atoms with Gasteiger partial charge in [-0.3, -0.25) is 13.9 Å². The van der Waals surface area contributed by atoms with Crippen LogP contribution in [0.15, 0.2) is 9.59 Å². The van der Waals surface area contributed by atoms with Crippen LogP contribution in [-0.2, 0) is 20.6 Å². The number of fused-ring (bicyclic) bond motifs is 1. The Labute approximate surface area is 110 Å². The second-order valence-electron chi connectivity index (χ2n) is 4.84. The summed E-state index contributed by atoms with van der Waals surface area (Å²) in [5.41, 5.74) is 0.261. The average molecular weight is 265 g/mol. The Bertz CT molecular complexity index is 735. The summed E-state index contributed by atoms with van der Waals surface area (Å²) in [4.78, 5) is 30.5. The molecule has 2 rings (SSSR count). The highest BCUT2D eigenvalue weighted by molar-refractivity contribution is 5.74. The first-order valence-corrected chi connectivity index (χ1v) is 6.23. The van der Waals surface area contributed by atoms with E-state index in [1.807, 2.05) is 30.5 Å². The van der Waals surface area contributed by atoms with E-state index in [9.17, 15) is 9.59 Å². The minimum atomic E-state index is -0.357. The van der Waals surface area contributed by atoms with Crippen LogP contribution < -0.4 is 16.1 Å². The number of rotatable bonds is 3. The van der Waals surface area contributed by atoms with Crippen molar-refractivity contribution in [3.8, 4) is 0 Å². The number of anilines is 1. The van der Waals surface area contributed by atoms with Crippen LogP contribution in [0.4, 0.5) is 5.95 Å². The van der Waals surface area contributed by atoms with E-state index in [0.29, 0.717) is 23.7 Å². The molecule has 2 aromatic rings. The van der Waals surface area contributed by atoms with Gasteiger partial charge in [0.25, 0.3) is 5.56 Å². The fourth-order valence-corrected chi connectivity index (χ4v) is 2.21. The number of aromatic nitrogens is 4. The molecule has 0 unspecified atom stereocenters. The lowest BCUT2D eigenvalue weighted by molar-refractivity contribution is 0.673. The predicted molar refractivity (Wildman–Crippen MR) is 74.8 cm³/mol. The fourth-order valence-electron chi connectivity index (χ4n) is 2.21. The van der Waals surface area contributed by atoms with E-state index in [1.165, 1.54) is 11.6 Å². The molecule has 0 saturated heterocycles. The van der Waals surface area contributed by atoms with Crippen LogP contribution >= 0.6 is 0 Å². The lowest BCUT2D eigenvalue weighted by atomic mass is 10.4. The minimum absolute atomic E-state index is 0.299. The van der Waals surface area contributed by atoms with E-state index in [4.69, 9.17) is 0 Å². The Hall–Kier alpha value is -2.05. The van der Waals surface area contributed by atoms with Gasteiger partial charge < -0.3 is 9.47 Å². The van der Waals surface area contributed by atoms with Gasteiger partial charge >= 0.3 is 5.69 Å². The zero-order chi connectivity index (χ0) is 14.3. The van der Waals surface area contributed by atoms with Gasteiger partial charge in [-0.05, 0) is 6.42 Å². The minimum Gasteiger partial charge on any atom is -0.348 e.